The second-order valence-corrected chi connectivity index (χ2v) is 6.94. The largest absolute Gasteiger partial charge is 0.495 e. The van der Waals surface area contributed by atoms with Gasteiger partial charge >= 0.3 is 0 Å². The van der Waals surface area contributed by atoms with E-state index in [0.717, 1.165) is 11.3 Å². The average molecular weight is 373 g/mol. The van der Waals surface area contributed by atoms with Crippen molar-refractivity contribution >= 4 is 45.3 Å². The summed E-state index contributed by atoms with van der Waals surface area (Å²) in [5.74, 6) is -0.0520. The van der Waals surface area contributed by atoms with E-state index in [1.54, 1.807) is 30.5 Å². The van der Waals surface area contributed by atoms with Crippen LogP contribution < -0.4 is 15.4 Å². The molecule has 0 saturated heterocycles. The normalized spacial score (nSPS) is 10.3. The summed E-state index contributed by atoms with van der Waals surface area (Å²) in [6, 6.07) is 10.9. The first kappa shape index (κ1) is 17.1. The predicted octanol–water partition coefficient (Wildman–Crippen LogP) is 4.03. The number of thiazole rings is 1. The molecular weight excluding hydrogens is 358 g/mol. The average Bonchev–Trinajstić information content (AvgIpc) is 3.22. The van der Waals surface area contributed by atoms with Gasteiger partial charge in [-0.1, -0.05) is 29.5 Å². The van der Waals surface area contributed by atoms with E-state index in [9.17, 15) is 9.59 Å². The molecule has 2 heterocycles. The molecule has 3 rings (SSSR count). The fourth-order valence-corrected chi connectivity index (χ4v) is 3.76. The lowest BCUT2D eigenvalue weighted by Crippen LogP contribution is -2.11. The number of ether oxygens (including phenoxy) is 1. The standard InChI is InChI=1S/C17H15N3O3S2/c1-10-13(15(21)19-11-6-4-3-5-7-11)25-17(18-10)20-16(22)14-12(23-2)8-9-24-14/h3-9H,1-2H3,(H,19,21)(H,18,20,22). The van der Waals surface area contributed by atoms with Crippen LogP contribution in [0.3, 0.4) is 0 Å². The number of rotatable bonds is 5. The van der Waals surface area contributed by atoms with E-state index < -0.39 is 0 Å². The Morgan fingerprint density at radius 3 is 2.48 bits per heavy atom. The maximum Gasteiger partial charge on any atom is 0.271 e. The van der Waals surface area contributed by atoms with Crippen LogP contribution in [-0.2, 0) is 0 Å². The van der Waals surface area contributed by atoms with Gasteiger partial charge in [0, 0.05) is 5.69 Å². The van der Waals surface area contributed by atoms with Crippen LogP contribution >= 0.6 is 22.7 Å². The van der Waals surface area contributed by atoms with Gasteiger partial charge in [0.1, 0.15) is 15.5 Å². The zero-order valence-electron chi connectivity index (χ0n) is 13.5. The number of thiophene rings is 1. The molecule has 0 fully saturated rings. The summed E-state index contributed by atoms with van der Waals surface area (Å²) in [7, 11) is 1.51. The van der Waals surface area contributed by atoms with Gasteiger partial charge in [0.05, 0.1) is 12.8 Å². The minimum Gasteiger partial charge on any atom is -0.495 e. The summed E-state index contributed by atoms with van der Waals surface area (Å²) in [5.41, 5.74) is 1.26. The van der Waals surface area contributed by atoms with Crippen molar-refractivity contribution in [2.45, 2.75) is 6.92 Å². The molecule has 3 aromatic rings. The van der Waals surface area contributed by atoms with Crippen LogP contribution in [-0.4, -0.2) is 23.9 Å². The Hall–Kier alpha value is -2.71. The first-order valence-electron chi connectivity index (χ1n) is 7.35. The van der Waals surface area contributed by atoms with Gasteiger partial charge in [0.2, 0.25) is 0 Å². The predicted molar refractivity (Wildman–Crippen MR) is 100 cm³/mol. The molecule has 2 aromatic heterocycles. The first-order chi connectivity index (χ1) is 12.1. The highest BCUT2D eigenvalue weighted by Gasteiger charge is 2.19. The molecule has 0 unspecified atom stereocenters. The Kier molecular flexibility index (Phi) is 5.11. The molecular formula is C17H15N3O3S2. The molecule has 2 amide bonds. The van der Waals surface area contributed by atoms with Crippen molar-refractivity contribution in [2.75, 3.05) is 17.7 Å². The third kappa shape index (κ3) is 3.86. The Morgan fingerprint density at radius 1 is 1.04 bits per heavy atom. The maximum absolute atomic E-state index is 12.4. The maximum atomic E-state index is 12.4. The van der Waals surface area contributed by atoms with E-state index in [1.807, 2.05) is 18.2 Å². The fourth-order valence-electron chi connectivity index (χ4n) is 2.15. The summed E-state index contributed by atoms with van der Waals surface area (Å²) < 4.78 is 5.15. The first-order valence-corrected chi connectivity index (χ1v) is 9.04. The van der Waals surface area contributed by atoms with Crippen molar-refractivity contribution in [2.24, 2.45) is 0 Å². The Balaban J connectivity index is 1.74. The molecule has 6 nitrogen and oxygen atoms in total. The number of aromatic nitrogens is 1. The molecule has 128 valence electrons. The van der Waals surface area contributed by atoms with Gasteiger partial charge < -0.3 is 10.1 Å². The van der Waals surface area contributed by atoms with Crippen LogP contribution in [0, 0.1) is 6.92 Å². The van der Waals surface area contributed by atoms with Crippen molar-refractivity contribution in [3.8, 4) is 5.75 Å². The lowest BCUT2D eigenvalue weighted by Gasteiger charge is -2.03. The second-order valence-electron chi connectivity index (χ2n) is 5.03. The van der Waals surface area contributed by atoms with Crippen molar-refractivity contribution in [1.29, 1.82) is 0 Å². The zero-order valence-corrected chi connectivity index (χ0v) is 15.2. The number of hydrogen-bond donors (Lipinski definition) is 2. The van der Waals surface area contributed by atoms with E-state index in [1.165, 1.54) is 18.4 Å². The summed E-state index contributed by atoms with van der Waals surface area (Å²) >= 11 is 2.42. The van der Waals surface area contributed by atoms with Crippen LogP contribution in [0.5, 0.6) is 5.75 Å². The molecule has 0 bridgehead atoms. The molecule has 8 heteroatoms. The number of nitrogens with zero attached hydrogens (tertiary/aromatic N) is 1. The smallest absolute Gasteiger partial charge is 0.271 e. The molecule has 0 aliphatic heterocycles. The number of nitrogens with one attached hydrogen (secondary N) is 2. The van der Waals surface area contributed by atoms with Crippen LogP contribution in [0.1, 0.15) is 25.0 Å². The minimum absolute atomic E-state index is 0.254. The molecule has 0 saturated carbocycles. The zero-order chi connectivity index (χ0) is 17.8. The molecule has 25 heavy (non-hydrogen) atoms. The third-order valence-electron chi connectivity index (χ3n) is 3.31. The van der Waals surface area contributed by atoms with E-state index >= 15 is 0 Å². The van der Waals surface area contributed by atoms with Crippen molar-refractivity contribution in [3.63, 3.8) is 0 Å². The number of aryl methyl sites for hydroxylation is 1. The van der Waals surface area contributed by atoms with Crippen molar-refractivity contribution < 1.29 is 14.3 Å². The molecule has 0 radical (unpaired) electrons. The minimum atomic E-state index is -0.310. The molecule has 0 aliphatic rings. The molecule has 0 atom stereocenters. The number of carbonyl (C=O) groups is 2. The topological polar surface area (TPSA) is 80.3 Å². The van der Waals surface area contributed by atoms with E-state index in [2.05, 4.69) is 15.6 Å². The van der Waals surface area contributed by atoms with E-state index in [-0.39, 0.29) is 11.8 Å². The van der Waals surface area contributed by atoms with Crippen LogP contribution in [0.25, 0.3) is 0 Å². The number of anilines is 2. The summed E-state index contributed by atoms with van der Waals surface area (Å²) in [4.78, 5) is 29.9. The fraction of sp³-hybridized carbons (Fsp3) is 0.118. The Morgan fingerprint density at radius 2 is 1.76 bits per heavy atom. The van der Waals surface area contributed by atoms with Gasteiger partial charge in [0.15, 0.2) is 5.13 Å². The highest BCUT2D eigenvalue weighted by atomic mass is 32.1. The van der Waals surface area contributed by atoms with Gasteiger partial charge in [-0.3, -0.25) is 14.9 Å². The molecule has 0 aliphatic carbocycles. The van der Waals surface area contributed by atoms with E-state index in [0.29, 0.717) is 32.0 Å². The lowest BCUT2D eigenvalue weighted by molar-refractivity contribution is 0.102. The van der Waals surface area contributed by atoms with Gasteiger partial charge in [-0.15, -0.1) is 11.3 Å². The number of hydrogen-bond acceptors (Lipinski definition) is 6. The van der Waals surface area contributed by atoms with Crippen LogP contribution in [0.15, 0.2) is 41.8 Å². The number of benzene rings is 1. The quantitative estimate of drug-likeness (QED) is 0.708. The number of amides is 2. The Bertz CT molecular complexity index is 903. The highest BCUT2D eigenvalue weighted by Crippen LogP contribution is 2.28. The Labute approximate surface area is 152 Å². The number of methoxy groups -OCH3 is 1. The second kappa shape index (κ2) is 7.45. The van der Waals surface area contributed by atoms with E-state index in [4.69, 9.17) is 4.74 Å². The van der Waals surface area contributed by atoms with Gasteiger partial charge in [-0.05, 0) is 30.5 Å². The van der Waals surface area contributed by atoms with Gasteiger partial charge in [-0.2, -0.15) is 0 Å². The summed E-state index contributed by atoms with van der Waals surface area (Å²) in [5, 5.41) is 7.68. The summed E-state index contributed by atoms with van der Waals surface area (Å²) in [6.07, 6.45) is 0. The lowest BCUT2D eigenvalue weighted by atomic mass is 10.3. The summed E-state index contributed by atoms with van der Waals surface area (Å²) in [6.45, 7) is 1.73. The van der Waals surface area contributed by atoms with Crippen LogP contribution in [0.2, 0.25) is 0 Å². The monoisotopic (exact) mass is 373 g/mol. The molecule has 2 N–H and O–H groups in total. The number of para-hydroxylation sites is 1. The third-order valence-corrected chi connectivity index (χ3v) is 5.28. The molecule has 0 spiro atoms. The molecule has 1 aromatic carbocycles. The van der Waals surface area contributed by atoms with Gasteiger partial charge in [0.25, 0.3) is 11.8 Å². The van der Waals surface area contributed by atoms with Crippen LogP contribution in [0.4, 0.5) is 10.8 Å². The van der Waals surface area contributed by atoms with Crippen molar-refractivity contribution in [3.05, 3.63) is 57.2 Å². The SMILES string of the molecule is COc1ccsc1C(=O)Nc1nc(C)c(C(=O)Nc2ccccc2)s1. The number of carbonyl (C=O) groups excluding carboxylic acids is 2. The highest BCUT2D eigenvalue weighted by molar-refractivity contribution is 7.18. The van der Waals surface area contributed by atoms with Crippen molar-refractivity contribution in [1.82, 2.24) is 4.98 Å². The van der Waals surface area contributed by atoms with Gasteiger partial charge in [-0.25, -0.2) is 4.98 Å².